The Labute approximate surface area is 161 Å². The SMILES string of the molecule is CC1(C)C(C#N)=C(SCC(=O)NCc2ccc(Cl)cc2)NC(=O)[C@@H]1C#N. The maximum Gasteiger partial charge on any atom is 0.243 e. The Balaban J connectivity index is 2.01. The molecule has 6 nitrogen and oxygen atoms in total. The molecule has 0 radical (unpaired) electrons. The fourth-order valence-electron chi connectivity index (χ4n) is 2.53. The van der Waals surface area contributed by atoms with E-state index in [9.17, 15) is 20.1 Å². The van der Waals surface area contributed by atoms with E-state index in [-0.39, 0.29) is 11.7 Å². The highest BCUT2D eigenvalue weighted by Crippen LogP contribution is 2.41. The van der Waals surface area contributed by atoms with Gasteiger partial charge in [-0.25, -0.2) is 0 Å². The molecule has 0 bridgehead atoms. The Hall–Kier alpha value is -2.48. The van der Waals surface area contributed by atoms with Crippen LogP contribution in [-0.4, -0.2) is 17.6 Å². The predicted octanol–water partition coefficient (Wildman–Crippen LogP) is 2.72. The molecule has 1 aliphatic heterocycles. The van der Waals surface area contributed by atoms with Crippen molar-refractivity contribution in [2.75, 3.05) is 5.75 Å². The van der Waals surface area contributed by atoms with E-state index in [2.05, 4.69) is 16.7 Å². The lowest BCUT2D eigenvalue weighted by molar-refractivity contribution is -0.125. The second-order valence-corrected chi connectivity index (χ2v) is 7.70. The number of carbonyl (C=O) groups is 2. The quantitative estimate of drug-likeness (QED) is 0.806. The lowest BCUT2D eigenvalue weighted by Crippen LogP contribution is -2.44. The lowest BCUT2D eigenvalue weighted by atomic mass is 9.72. The third-order valence-corrected chi connectivity index (χ3v) is 5.34. The van der Waals surface area contributed by atoms with E-state index in [1.807, 2.05) is 18.2 Å². The number of halogens is 1. The van der Waals surface area contributed by atoms with Crippen molar-refractivity contribution >= 4 is 35.2 Å². The van der Waals surface area contributed by atoms with Gasteiger partial charge in [0, 0.05) is 17.0 Å². The molecule has 0 unspecified atom stereocenters. The fourth-order valence-corrected chi connectivity index (χ4v) is 3.66. The Morgan fingerprint density at radius 2 is 2.00 bits per heavy atom. The van der Waals surface area contributed by atoms with Crippen molar-refractivity contribution < 1.29 is 9.59 Å². The fraction of sp³-hybridized carbons (Fsp3) is 0.333. The Morgan fingerprint density at radius 1 is 1.35 bits per heavy atom. The second kappa shape index (κ2) is 8.27. The van der Waals surface area contributed by atoms with Gasteiger partial charge >= 0.3 is 0 Å². The van der Waals surface area contributed by atoms with Gasteiger partial charge in [-0.1, -0.05) is 49.3 Å². The van der Waals surface area contributed by atoms with Gasteiger partial charge in [-0.2, -0.15) is 10.5 Å². The van der Waals surface area contributed by atoms with Gasteiger partial charge in [0.2, 0.25) is 11.8 Å². The Morgan fingerprint density at radius 3 is 2.58 bits per heavy atom. The van der Waals surface area contributed by atoms with Crippen LogP contribution in [0.1, 0.15) is 19.4 Å². The highest BCUT2D eigenvalue weighted by molar-refractivity contribution is 8.03. The maximum absolute atomic E-state index is 12.1. The molecule has 0 saturated carbocycles. The van der Waals surface area contributed by atoms with Crippen LogP contribution in [0.15, 0.2) is 34.9 Å². The van der Waals surface area contributed by atoms with Crippen LogP contribution in [0.4, 0.5) is 0 Å². The Kier molecular flexibility index (Phi) is 6.31. The summed E-state index contributed by atoms with van der Waals surface area (Å²) >= 11 is 6.89. The molecule has 1 atom stereocenters. The lowest BCUT2D eigenvalue weighted by Gasteiger charge is -2.34. The maximum atomic E-state index is 12.1. The highest BCUT2D eigenvalue weighted by Gasteiger charge is 2.44. The van der Waals surface area contributed by atoms with Crippen molar-refractivity contribution in [2.24, 2.45) is 11.3 Å². The van der Waals surface area contributed by atoms with Crippen molar-refractivity contribution in [1.29, 1.82) is 10.5 Å². The van der Waals surface area contributed by atoms with Gasteiger partial charge < -0.3 is 10.6 Å². The topological polar surface area (TPSA) is 106 Å². The van der Waals surface area contributed by atoms with Gasteiger partial charge in [-0.05, 0) is 17.7 Å². The average Bonchev–Trinajstić information content (AvgIpc) is 2.59. The number of nitrogens with zero attached hydrogens (tertiary/aromatic N) is 2. The van der Waals surface area contributed by atoms with E-state index >= 15 is 0 Å². The van der Waals surface area contributed by atoms with Gasteiger partial charge in [-0.3, -0.25) is 9.59 Å². The zero-order valence-corrected chi connectivity index (χ0v) is 15.9. The van der Waals surface area contributed by atoms with Crippen molar-refractivity contribution in [3.63, 3.8) is 0 Å². The molecule has 0 aromatic heterocycles. The van der Waals surface area contributed by atoms with E-state index in [0.717, 1.165) is 17.3 Å². The molecule has 26 heavy (non-hydrogen) atoms. The smallest absolute Gasteiger partial charge is 0.243 e. The van der Waals surface area contributed by atoms with E-state index < -0.39 is 17.2 Å². The van der Waals surface area contributed by atoms with Gasteiger partial charge in [-0.15, -0.1) is 0 Å². The molecular weight excluding hydrogens is 372 g/mol. The average molecular weight is 389 g/mol. The first kappa shape index (κ1) is 19.8. The molecule has 0 fully saturated rings. The number of rotatable bonds is 5. The summed E-state index contributed by atoms with van der Waals surface area (Å²) in [5, 5.41) is 24.9. The number of carbonyl (C=O) groups excluding carboxylic acids is 2. The summed E-state index contributed by atoms with van der Waals surface area (Å²) in [6.45, 7) is 3.72. The van der Waals surface area contributed by atoms with Crippen molar-refractivity contribution in [3.05, 3.63) is 45.5 Å². The molecule has 1 aromatic carbocycles. The largest absolute Gasteiger partial charge is 0.351 e. The van der Waals surface area contributed by atoms with Gasteiger partial charge in [0.15, 0.2) is 0 Å². The number of allylic oxidation sites excluding steroid dienone is 1. The molecule has 134 valence electrons. The minimum atomic E-state index is -0.944. The van der Waals surface area contributed by atoms with E-state index in [1.54, 1.807) is 26.0 Å². The first-order valence-electron chi connectivity index (χ1n) is 7.79. The molecule has 1 aliphatic rings. The van der Waals surface area contributed by atoms with Gasteiger partial charge in [0.1, 0.15) is 5.92 Å². The van der Waals surface area contributed by atoms with Crippen LogP contribution >= 0.6 is 23.4 Å². The summed E-state index contributed by atoms with van der Waals surface area (Å²) in [6.07, 6.45) is 0. The normalized spacial score (nSPS) is 18.5. The molecule has 0 saturated heterocycles. The van der Waals surface area contributed by atoms with Crippen LogP contribution in [0, 0.1) is 34.0 Å². The number of nitriles is 2. The van der Waals surface area contributed by atoms with Crippen LogP contribution in [0.2, 0.25) is 5.02 Å². The van der Waals surface area contributed by atoms with Crippen molar-refractivity contribution in [2.45, 2.75) is 20.4 Å². The molecular formula is C18H17ClN4O2S. The summed E-state index contributed by atoms with van der Waals surface area (Å²) in [7, 11) is 0. The number of hydrogen-bond acceptors (Lipinski definition) is 5. The summed E-state index contributed by atoms with van der Waals surface area (Å²) in [5.41, 5.74) is 0.307. The standard InChI is InChI=1S/C18H17ClN4O2S/c1-18(2)13(7-20)16(25)23-17(14(18)8-21)26-10-15(24)22-9-11-3-5-12(19)6-4-11/h3-6,13H,9-10H2,1-2H3,(H,22,24)(H,23,25)/t13-/m0/s1. The van der Waals surface area contributed by atoms with Crippen LogP contribution in [0.3, 0.4) is 0 Å². The predicted molar refractivity (Wildman–Crippen MR) is 99.4 cm³/mol. The summed E-state index contributed by atoms with van der Waals surface area (Å²) in [5.74, 6) is -1.59. The molecule has 1 aromatic rings. The number of amides is 2. The van der Waals surface area contributed by atoms with Crippen molar-refractivity contribution in [1.82, 2.24) is 10.6 Å². The molecule has 2 N–H and O–H groups in total. The van der Waals surface area contributed by atoms with Gasteiger partial charge in [0.25, 0.3) is 0 Å². The first-order chi connectivity index (χ1) is 12.3. The summed E-state index contributed by atoms with van der Waals surface area (Å²) in [4.78, 5) is 24.1. The van der Waals surface area contributed by atoms with Crippen molar-refractivity contribution in [3.8, 4) is 12.1 Å². The van der Waals surface area contributed by atoms with Gasteiger partial charge in [0.05, 0.1) is 28.5 Å². The van der Waals surface area contributed by atoms with E-state index in [1.165, 1.54) is 0 Å². The van der Waals surface area contributed by atoms with E-state index in [4.69, 9.17) is 11.6 Å². The minimum absolute atomic E-state index is 0.0433. The molecule has 8 heteroatoms. The number of nitrogens with one attached hydrogen (secondary N) is 2. The zero-order valence-electron chi connectivity index (χ0n) is 14.3. The highest BCUT2D eigenvalue weighted by atomic mass is 35.5. The van der Waals surface area contributed by atoms with E-state index in [0.29, 0.717) is 22.2 Å². The van der Waals surface area contributed by atoms with Crippen LogP contribution < -0.4 is 10.6 Å². The van der Waals surface area contributed by atoms with Crippen LogP contribution in [0.5, 0.6) is 0 Å². The summed E-state index contributed by atoms with van der Waals surface area (Å²) < 4.78 is 0. The third kappa shape index (κ3) is 4.37. The molecule has 0 spiro atoms. The monoisotopic (exact) mass is 388 g/mol. The molecule has 1 heterocycles. The third-order valence-electron chi connectivity index (χ3n) is 4.08. The first-order valence-corrected chi connectivity index (χ1v) is 9.15. The molecule has 0 aliphatic carbocycles. The number of benzene rings is 1. The molecule has 2 rings (SSSR count). The van der Waals surface area contributed by atoms with Crippen LogP contribution in [0.25, 0.3) is 0 Å². The zero-order chi connectivity index (χ0) is 19.3. The second-order valence-electron chi connectivity index (χ2n) is 6.28. The number of thioether (sulfide) groups is 1. The molecule has 2 amide bonds. The summed E-state index contributed by atoms with van der Waals surface area (Å²) in [6, 6.07) is 11.1. The van der Waals surface area contributed by atoms with Crippen LogP contribution in [-0.2, 0) is 16.1 Å². The number of hydrogen-bond donors (Lipinski definition) is 2. The minimum Gasteiger partial charge on any atom is -0.351 e. The Bertz CT molecular complexity index is 834.